The summed E-state index contributed by atoms with van der Waals surface area (Å²) in [5.41, 5.74) is 0.713. The van der Waals surface area contributed by atoms with Gasteiger partial charge in [-0.05, 0) is 18.2 Å². The van der Waals surface area contributed by atoms with E-state index in [4.69, 9.17) is 4.74 Å². The van der Waals surface area contributed by atoms with Gasteiger partial charge in [0.25, 0.3) is 0 Å². The highest BCUT2D eigenvalue weighted by Crippen LogP contribution is 2.26. The van der Waals surface area contributed by atoms with Crippen molar-refractivity contribution in [2.45, 2.75) is 12.7 Å². The molecule has 1 amide bonds. The van der Waals surface area contributed by atoms with Gasteiger partial charge in [-0.15, -0.1) is 0 Å². The molecule has 2 aromatic rings. The Bertz CT molecular complexity index is 1030. The number of hydrogen-bond acceptors (Lipinski definition) is 6. The highest BCUT2D eigenvalue weighted by Gasteiger charge is 2.38. The Kier molecular flexibility index (Phi) is 7.03. The van der Waals surface area contributed by atoms with E-state index in [2.05, 4.69) is 4.98 Å². The number of methoxy groups -OCH3 is 1. The van der Waals surface area contributed by atoms with Crippen molar-refractivity contribution in [1.29, 1.82) is 0 Å². The van der Waals surface area contributed by atoms with Gasteiger partial charge in [-0.3, -0.25) is 18.9 Å². The van der Waals surface area contributed by atoms with E-state index in [9.17, 15) is 31.2 Å². The minimum atomic E-state index is -5.09. The lowest BCUT2D eigenvalue weighted by Gasteiger charge is -2.23. The van der Waals surface area contributed by atoms with Crippen LogP contribution >= 0.6 is 0 Å². The largest absolute Gasteiger partial charge is 0.496 e. The standard InChI is InChI=1S/C18H18F3N3O5S/c1-29-16-8-12(15(25)10-23-17(26)18(19,20)21)5-6-13(16)11-24(30(2,27)28)14-4-3-7-22-9-14/h3-9H,10-11H2,1-2H3,(H,23,26). The molecule has 0 atom stereocenters. The molecule has 30 heavy (non-hydrogen) atoms. The second kappa shape index (κ2) is 9.11. The summed E-state index contributed by atoms with van der Waals surface area (Å²) in [5.74, 6) is -2.84. The van der Waals surface area contributed by atoms with Crippen LogP contribution in [0.2, 0.25) is 0 Å². The average molecular weight is 445 g/mol. The first-order valence-corrected chi connectivity index (χ1v) is 10.2. The molecule has 1 aromatic carbocycles. The minimum absolute atomic E-state index is 0.00893. The number of alkyl halides is 3. The number of hydrogen-bond donors (Lipinski definition) is 1. The van der Waals surface area contributed by atoms with Gasteiger partial charge in [0.2, 0.25) is 10.0 Å². The van der Waals surface area contributed by atoms with E-state index in [1.165, 1.54) is 43.0 Å². The van der Waals surface area contributed by atoms with Gasteiger partial charge in [0.1, 0.15) is 5.75 Å². The number of carbonyl (C=O) groups excluding carboxylic acids is 2. The van der Waals surface area contributed by atoms with E-state index in [0.717, 1.165) is 10.6 Å². The normalized spacial score (nSPS) is 11.6. The fourth-order valence-corrected chi connectivity index (χ4v) is 3.33. The zero-order valence-corrected chi connectivity index (χ0v) is 16.7. The Balaban J connectivity index is 2.24. The number of benzene rings is 1. The Morgan fingerprint density at radius 2 is 1.93 bits per heavy atom. The molecule has 0 fully saturated rings. The number of pyridine rings is 1. The molecule has 0 radical (unpaired) electrons. The molecule has 0 bridgehead atoms. The molecule has 0 unspecified atom stereocenters. The predicted molar refractivity (Wildman–Crippen MR) is 102 cm³/mol. The molecule has 0 saturated heterocycles. The summed E-state index contributed by atoms with van der Waals surface area (Å²) >= 11 is 0. The van der Waals surface area contributed by atoms with Crippen molar-refractivity contribution in [3.8, 4) is 5.75 Å². The number of nitrogens with zero attached hydrogens (tertiary/aromatic N) is 2. The summed E-state index contributed by atoms with van der Waals surface area (Å²) in [6.07, 6.45) is -1.21. The van der Waals surface area contributed by atoms with Crippen molar-refractivity contribution in [2.75, 3.05) is 24.2 Å². The molecule has 0 spiro atoms. The van der Waals surface area contributed by atoms with E-state index >= 15 is 0 Å². The molecule has 12 heteroatoms. The SMILES string of the molecule is COc1cc(C(=O)CNC(=O)C(F)(F)F)ccc1CN(c1cccnc1)S(C)(=O)=O. The van der Waals surface area contributed by atoms with Gasteiger partial charge in [0.15, 0.2) is 5.78 Å². The molecular weight excluding hydrogens is 427 g/mol. The number of rotatable bonds is 8. The number of ketones is 1. The van der Waals surface area contributed by atoms with Crippen LogP contribution in [-0.2, 0) is 21.4 Å². The fraction of sp³-hybridized carbons (Fsp3) is 0.278. The van der Waals surface area contributed by atoms with Gasteiger partial charge in [0.05, 0.1) is 38.3 Å². The first-order valence-electron chi connectivity index (χ1n) is 8.36. The topological polar surface area (TPSA) is 106 Å². The lowest BCUT2D eigenvalue weighted by atomic mass is 10.1. The maximum atomic E-state index is 12.2. The van der Waals surface area contributed by atoms with Crippen LogP contribution in [0.15, 0.2) is 42.7 Å². The monoisotopic (exact) mass is 445 g/mol. The van der Waals surface area contributed by atoms with Gasteiger partial charge in [-0.2, -0.15) is 13.2 Å². The summed E-state index contributed by atoms with van der Waals surface area (Å²) in [7, 11) is -2.38. The van der Waals surface area contributed by atoms with Gasteiger partial charge in [0, 0.05) is 17.3 Å². The maximum Gasteiger partial charge on any atom is 0.471 e. The number of anilines is 1. The van der Waals surface area contributed by atoms with E-state index in [0.29, 0.717) is 11.3 Å². The fourth-order valence-electron chi connectivity index (χ4n) is 2.47. The summed E-state index contributed by atoms with van der Waals surface area (Å²) in [4.78, 5) is 26.8. The predicted octanol–water partition coefficient (Wildman–Crippen LogP) is 1.92. The van der Waals surface area contributed by atoms with Crippen molar-refractivity contribution < 1.29 is 35.9 Å². The molecule has 0 aliphatic rings. The molecule has 1 N–H and O–H groups in total. The summed E-state index contributed by atoms with van der Waals surface area (Å²) in [6, 6.07) is 7.13. The second-order valence-corrected chi connectivity index (χ2v) is 8.02. The number of carbonyl (C=O) groups is 2. The van der Waals surface area contributed by atoms with Crippen LogP contribution in [0.3, 0.4) is 0 Å². The zero-order valence-electron chi connectivity index (χ0n) is 15.9. The molecule has 8 nitrogen and oxygen atoms in total. The van der Waals surface area contributed by atoms with Crippen LogP contribution < -0.4 is 14.4 Å². The third-order valence-electron chi connectivity index (χ3n) is 3.92. The number of amides is 1. The zero-order chi connectivity index (χ0) is 22.5. The second-order valence-electron chi connectivity index (χ2n) is 6.11. The molecule has 1 heterocycles. The van der Waals surface area contributed by atoms with Crippen molar-refractivity contribution in [3.63, 3.8) is 0 Å². The number of Topliss-reactive ketones (excluding diaryl/α,β-unsaturated/α-hetero) is 1. The quantitative estimate of drug-likeness (QED) is 0.623. The first kappa shape index (κ1) is 23.1. The Morgan fingerprint density at radius 1 is 1.23 bits per heavy atom. The van der Waals surface area contributed by atoms with Crippen LogP contribution in [0.5, 0.6) is 5.75 Å². The molecule has 0 aliphatic heterocycles. The van der Waals surface area contributed by atoms with Gasteiger partial charge in [-0.1, -0.05) is 12.1 Å². The molecular formula is C18H18F3N3O5S. The minimum Gasteiger partial charge on any atom is -0.496 e. The Morgan fingerprint density at radius 3 is 2.47 bits per heavy atom. The average Bonchev–Trinajstić information content (AvgIpc) is 2.68. The van der Waals surface area contributed by atoms with Gasteiger partial charge < -0.3 is 10.1 Å². The van der Waals surface area contributed by atoms with Crippen LogP contribution in [0.4, 0.5) is 18.9 Å². The maximum absolute atomic E-state index is 12.2. The van der Waals surface area contributed by atoms with Crippen molar-refractivity contribution in [3.05, 3.63) is 53.9 Å². The number of ether oxygens (including phenoxy) is 1. The molecule has 0 aliphatic carbocycles. The highest BCUT2D eigenvalue weighted by atomic mass is 32.2. The molecule has 0 saturated carbocycles. The van der Waals surface area contributed by atoms with E-state index < -0.39 is 34.4 Å². The van der Waals surface area contributed by atoms with Crippen molar-refractivity contribution in [1.82, 2.24) is 10.3 Å². The summed E-state index contributed by atoms with van der Waals surface area (Å²) in [6.45, 7) is -0.987. The van der Waals surface area contributed by atoms with E-state index in [1.807, 2.05) is 0 Å². The number of nitrogens with one attached hydrogen (secondary N) is 1. The van der Waals surface area contributed by atoms with Crippen LogP contribution in [0, 0.1) is 0 Å². The van der Waals surface area contributed by atoms with Gasteiger partial charge in [-0.25, -0.2) is 8.42 Å². The van der Waals surface area contributed by atoms with Crippen LogP contribution in [-0.4, -0.2) is 51.2 Å². The summed E-state index contributed by atoms with van der Waals surface area (Å²) in [5, 5.41) is 1.50. The number of sulfonamides is 1. The van der Waals surface area contributed by atoms with E-state index in [1.54, 1.807) is 12.1 Å². The molecule has 2 rings (SSSR count). The lowest BCUT2D eigenvalue weighted by molar-refractivity contribution is -0.173. The third kappa shape index (κ3) is 5.92. The van der Waals surface area contributed by atoms with Crippen molar-refractivity contribution in [2.24, 2.45) is 0 Å². The lowest BCUT2D eigenvalue weighted by Crippen LogP contribution is -2.39. The van der Waals surface area contributed by atoms with Crippen LogP contribution in [0.1, 0.15) is 15.9 Å². The van der Waals surface area contributed by atoms with E-state index in [-0.39, 0.29) is 17.9 Å². The molecule has 1 aromatic heterocycles. The number of aromatic nitrogens is 1. The van der Waals surface area contributed by atoms with Crippen molar-refractivity contribution >= 4 is 27.4 Å². The van der Waals surface area contributed by atoms with Crippen LogP contribution in [0.25, 0.3) is 0 Å². The third-order valence-corrected chi connectivity index (χ3v) is 5.06. The number of halogens is 3. The Labute approximate surface area is 170 Å². The van der Waals surface area contributed by atoms with Gasteiger partial charge >= 0.3 is 12.1 Å². The Hall–Kier alpha value is -3.15. The smallest absolute Gasteiger partial charge is 0.471 e. The highest BCUT2D eigenvalue weighted by molar-refractivity contribution is 7.92. The summed E-state index contributed by atoms with van der Waals surface area (Å²) < 4.78 is 67.4. The first-order chi connectivity index (χ1) is 13.9. The molecule has 162 valence electrons.